The number of aromatic nitrogens is 3. The molecule has 10 rings (SSSR count). The Morgan fingerprint density at radius 1 is 0.314 bits per heavy atom. The van der Waals surface area contributed by atoms with E-state index in [2.05, 4.69) is 103 Å². The number of fused-ring (bicyclic) bond motifs is 6. The summed E-state index contributed by atoms with van der Waals surface area (Å²) in [5.74, 6) is 1.86. The van der Waals surface area contributed by atoms with Crippen molar-refractivity contribution in [3.8, 4) is 56.4 Å². The van der Waals surface area contributed by atoms with Gasteiger partial charge in [-0.15, -0.1) is 0 Å². The molecule has 4 heteroatoms. The van der Waals surface area contributed by atoms with Gasteiger partial charge in [0, 0.05) is 27.5 Å². The molecular weight excluding hydrogens is 623 g/mol. The van der Waals surface area contributed by atoms with Gasteiger partial charge in [-0.05, 0) is 68.1 Å². The summed E-state index contributed by atoms with van der Waals surface area (Å²) >= 11 is 0. The predicted octanol–water partition coefficient (Wildman–Crippen LogP) is 12.4. The van der Waals surface area contributed by atoms with Crippen LogP contribution in [0.5, 0.6) is 0 Å². The van der Waals surface area contributed by atoms with E-state index >= 15 is 0 Å². The summed E-state index contributed by atoms with van der Waals surface area (Å²) in [6.45, 7) is 0. The maximum Gasteiger partial charge on any atom is 0.164 e. The summed E-state index contributed by atoms with van der Waals surface area (Å²) in [7, 11) is 0. The van der Waals surface area contributed by atoms with Crippen LogP contribution in [-0.2, 0) is 0 Å². The van der Waals surface area contributed by atoms with Crippen LogP contribution in [0.2, 0.25) is 0 Å². The fourth-order valence-electron chi connectivity index (χ4n) is 7.27. The first-order valence-corrected chi connectivity index (χ1v) is 17.1. The van der Waals surface area contributed by atoms with E-state index in [-0.39, 0.29) is 0 Å². The molecule has 0 aliphatic heterocycles. The number of nitrogens with zero attached hydrogens (tertiary/aromatic N) is 3. The zero-order valence-electron chi connectivity index (χ0n) is 27.5. The molecule has 0 spiro atoms. The Kier molecular flexibility index (Phi) is 6.78. The molecular formula is C47H29N3O. The molecule has 0 aliphatic rings. The fraction of sp³-hybridized carbons (Fsp3) is 0. The summed E-state index contributed by atoms with van der Waals surface area (Å²) in [5.41, 5.74) is 8.99. The number of hydrogen-bond donors (Lipinski definition) is 0. The van der Waals surface area contributed by atoms with Crippen molar-refractivity contribution in [1.82, 2.24) is 15.0 Å². The van der Waals surface area contributed by atoms with Gasteiger partial charge in [0.25, 0.3) is 0 Å². The van der Waals surface area contributed by atoms with E-state index < -0.39 is 0 Å². The van der Waals surface area contributed by atoms with Gasteiger partial charge in [-0.25, -0.2) is 15.0 Å². The fourth-order valence-corrected chi connectivity index (χ4v) is 7.27. The average Bonchev–Trinajstić information content (AvgIpc) is 3.59. The van der Waals surface area contributed by atoms with E-state index in [4.69, 9.17) is 19.4 Å². The molecule has 0 amide bonds. The van der Waals surface area contributed by atoms with Crippen LogP contribution in [0, 0.1) is 0 Å². The van der Waals surface area contributed by atoms with Crippen LogP contribution in [0.4, 0.5) is 0 Å². The lowest BCUT2D eigenvalue weighted by molar-refractivity contribution is 0.669. The smallest absolute Gasteiger partial charge is 0.164 e. The van der Waals surface area contributed by atoms with E-state index in [9.17, 15) is 0 Å². The van der Waals surface area contributed by atoms with Gasteiger partial charge in [0.05, 0.1) is 0 Å². The normalized spacial score (nSPS) is 11.5. The van der Waals surface area contributed by atoms with Crippen LogP contribution in [0.1, 0.15) is 0 Å². The highest BCUT2D eigenvalue weighted by atomic mass is 16.3. The highest BCUT2D eigenvalue weighted by Crippen LogP contribution is 2.41. The summed E-state index contributed by atoms with van der Waals surface area (Å²) in [5, 5.41) is 6.99. The van der Waals surface area contributed by atoms with E-state index in [1.54, 1.807) is 0 Å². The second kappa shape index (κ2) is 11.9. The Bertz CT molecular complexity index is 2860. The molecule has 4 nitrogen and oxygen atoms in total. The molecule has 0 saturated heterocycles. The maximum absolute atomic E-state index is 6.47. The lowest BCUT2D eigenvalue weighted by Crippen LogP contribution is -2.00. The number of rotatable bonds is 5. The quantitative estimate of drug-likeness (QED) is 0.174. The van der Waals surface area contributed by atoms with Crippen molar-refractivity contribution in [3.63, 3.8) is 0 Å². The van der Waals surface area contributed by atoms with Crippen LogP contribution in [-0.4, -0.2) is 15.0 Å². The zero-order chi connectivity index (χ0) is 33.7. The van der Waals surface area contributed by atoms with Crippen molar-refractivity contribution in [1.29, 1.82) is 0 Å². The molecule has 0 aliphatic carbocycles. The SMILES string of the molecule is c1ccc(-c2nc(-c3ccccc3)nc(-c3cccc4oc5ccc(-c6ccccc6-c6ccc7ccc8ccccc8c7c6)cc5c34)n2)cc1. The van der Waals surface area contributed by atoms with Crippen molar-refractivity contribution in [2.75, 3.05) is 0 Å². The molecule has 51 heavy (non-hydrogen) atoms. The Morgan fingerprint density at radius 2 is 0.843 bits per heavy atom. The molecule has 0 bridgehead atoms. The molecule has 238 valence electrons. The monoisotopic (exact) mass is 651 g/mol. The predicted molar refractivity (Wildman–Crippen MR) is 209 cm³/mol. The minimum absolute atomic E-state index is 0.602. The molecule has 0 radical (unpaired) electrons. The second-order valence-corrected chi connectivity index (χ2v) is 12.8. The van der Waals surface area contributed by atoms with Crippen molar-refractivity contribution < 1.29 is 4.42 Å². The second-order valence-electron chi connectivity index (χ2n) is 12.8. The minimum atomic E-state index is 0.602. The van der Waals surface area contributed by atoms with Gasteiger partial charge in [0.1, 0.15) is 11.2 Å². The van der Waals surface area contributed by atoms with Crippen LogP contribution >= 0.6 is 0 Å². The third-order valence-electron chi connectivity index (χ3n) is 9.73. The molecule has 0 atom stereocenters. The maximum atomic E-state index is 6.47. The minimum Gasteiger partial charge on any atom is -0.456 e. The van der Waals surface area contributed by atoms with Gasteiger partial charge in [0.2, 0.25) is 0 Å². The van der Waals surface area contributed by atoms with Crippen LogP contribution < -0.4 is 0 Å². The standard InChI is InChI=1S/C47H29N3O/c1-3-13-32(14-4-1)45-48-46(33-15-5-2-6-16-33)50-47(49-45)39-20-11-21-43-44(39)41-29-35(26-27-42(41)51-43)38-19-10-9-18-37(38)34-25-24-31-23-22-30-12-7-8-17-36(30)40(31)28-34/h1-29H. The van der Waals surface area contributed by atoms with Gasteiger partial charge in [0.15, 0.2) is 17.5 Å². The largest absolute Gasteiger partial charge is 0.456 e. The molecule has 2 heterocycles. The third-order valence-corrected chi connectivity index (χ3v) is 9.73. The number of furan rings is 1. The highest BCUT2D eigenvalue weighted by Gasteiger charge is 2.19. The Labute approximate surface area is 294 Å². The Hall–Kier alpha value is -6.91. The van der Waals surface area contributed by atoms with Crippen molar-refractivity contribution in [2.45, 2.75) is 0 Å². The molecule has 2 aromatic heterocycles. The highest BCUT2D eigenvalue weighted by molar-refractivity contribution is 6.13. The lowest BCUT2D eigenvalue weighted by atomic mass is 9.91. The van der Waals surface area contributed by atoms with Gasteiger partial charge in [-0.3, -0.25) is 0 Å². The van der Waals surface area contributed by atoms with Gasteiger partial charge < -0.3 is 4.42 Å². The molecule has 8 aromatic carbocycles. The third kappa shape index (κ3) is 5.04. The van der Waals surface area contributed by atoms with Crippen molar-refractivity contribution >= 4 is 43.5 Å². The first-order chi connectivity index (χ1) is 25.3. The first kappa shape index (κ1) is 29.0. The molecule has 0 unspecified atom stereocenters. The Morgan fingerprint density at radius 3 is 1.55 bits per heavy atom. The van der Waals surface area contributed by atoms with Crippen molar-refractivity contribution in [3.05, 3.63) is 176 Å². The van der Waals surface area contributed by atoms with E-state index in [1.165, 1.54) is 32.7 Å². The molecule has 0 saturated carbocycles. The summed E-state index contributed by atoms with van der Waals surface area (Å²) in [6, 6.07) is 61.2. The lowest BCUT2D eigenvalue weighted by Gasteiger charge is -2.12. The van der Waals surface area contributed by atoms with E-state index in [1.807, 2.05) is 72.8 Å². The topological polar surface area (TPSA) is 51.8 Å². The Balaban J connectivity index is 1.16. The van der Waals surface area contributed by atoms with Crippen LogP contribution in [0.25, 0.3) is 99.9 Å². The van der Waals surface area contributed by atoms with Gasteiger partial charge in [-0.2, -0.15) is 0 Å². The molecule has 0 fully saturated rings. The van der Waals surface area contributed by atoms with E-state index in [0.29, 0.717) is 17.5 Å². The van der Waals surface area contributed by atoms with Gasteiger partial charge in [-0.1, -0.05) is 152 Å². The molecule has 10 aromatic rings. The molecule has 0 N–H and O–H groups in total. The van der Waals surface area contributed by atoms with Crippen LogP contribution in [0.3, 0.4) is 0 Å². The van der Waals surface area contributed by atoms with Gasteiger partial charge >= 0.3 is 0 Å². The summed E-state index contributed by atoms with van der Waals surface area (Å²) < 4.78 is 6.47. The summed E-state index contributed by atoms with van der Waals surface area (Å²) in [4.78, 5) is 15.0. The first-order valence-electron chi connectivity index (χ1n) is 17.1. The average molecular weight is 652 g/mol. The zero-order valence-corrected chi connectivity index (χ0v) is 27.5. The number of hydrogen-bond acceptors (Lipinski definition) is 4. The van der Waals surface area contributed by atoms with Crippen LogP contribution in [0.15, 0.2) is 180 Å². The number of benzene rings is 8. The van der Waals surface area contributed by atoms with Crippen molar-refractivity contribution in [2.24, 2.45) is 0 Å². The van der Waals surface area contributed by atoms with E-state index in [0.717, 1.165) is 49.8 Å². The summed E-state index contributed by atoms with van der Waals surface area (Å²) in [6.07, 6.45) is 0.